The summed E-state index contributed by atoms with van der Waals surface area (Å²) in [5, 5.41) is 10.0. The molecule has 1 heterocycles. The van der Waals surface area contributed by atoms with Crippen LogP contribution in [0.3, 0.4) is 0 Å². The Morgan fingerprint density at radius 2 is 1.90 bits per heavy atom. The van der Waals surface area contributed by atoms with Gasteiger partial charge in [0.15, 0.2) is 9.84 Å². The molecule has 2 N–H and O–H groups in total. The third-order valence-electron chi connectivity index (χ3n) is 5.11. The van der Waals surface area contributed by atoms with E-state index in [-0.39, 0.29) is 23.5 Å². The molecule has 157 valence electrons. The number of aromatic nitrogens is 1. The molecule has 0 saturated carbocycles. The van der Waals surface area contributed by atoms with Gasteiger partial charge >= 0.3 is 5.97 Å². The molecule has 6 nitrogen and oxygen atoms in total. The lowest BCUT2D eigenvalue weighted by atomic mass is 9.97. The average molecular weight is 429 g/mol. The number of hydrogen-bond acceptors (Lipinski definition) is 3. The van der Waals surface area contributed by atoms with Gasteiger partial charge in [-0.05, 0) is 61.4 Å². The molecule has 0 bridgehead atoms. The van der Waals surface area contributed by atoms with Gasteiger partial charge in [0.1, 0.15) is 5.83 Å². The minimum absolute atomic E-state index is 0.0833. The van der Waals surface area contributed by atoms with Crippen molar-refractivity contribution < 1.29 is 22.7 Å². The van der Waals surface area contributed by atoms with Crippen LogP contribution in [0.1, 0.15) is 21.6 Å². The molecule has 2 aromatic carbocycles. The Morgan fingerprint density at radius 1 is 1.20 bits per heavy atom. The summed E-state index contributed by atoms with van der Waals surface area (Å²) in [6.45, 7) is 3.34. The van der Waals surface area contributed by atoms with E-state index in [1.807, 2.05) is 6.92 Å². The Labute approximate surface area is 174 Å². The number of benzene rings is 2. The van der Waals surface area contributed by atoms with Gasteiger partial charge in [0, 0.05) is 35.0 Å². The lowest BCUT2D eigenvalue weighted by molar-refractivity contribution is 0.0697. The lowest BCUT2D eigenvalue weighted by Crippen LogP contribution is -2.02. The van der Waals surface area contributed by atoms with Gasteiger partial charge in [-0.25, -0.2) is 17.6 Å². The van der Waals surface area contributed by atoms with Crippen molar-refractivity contribution in [3.05, 3.63) is 65.1 Å². The fraction of sp³-hybridized carbons (Fsp3) is 0.227. The lowest BCUT2D eigenvalue weighted by Gasteiger charge is -2.11. The van der Waals surface area contributed by atoms with Gasteiger partial charge in [-0.2, -0.15) is 0 Å². The quantitative estimate of drug-likeness (QED) is 0.636. The predicted octanol–water partition coefficient (Wildman–Crippen LogP) is 4.16. The number of carboxylic acid groups (broad SMARTS) is 1. The molecule has 30 heavy (non-hydrogen) atoms. The van der Waals surface area contributed by atoms with E-state index in [1.165, 1.54) is 24.3 Å². The minimum atomic E-state index is -3.45. The number of hydrogen-bond donors (Lipinski definition) is 1. The van der Waals surface area contributed by atoms with Gasteiger partial charge in [0.05, 0.1) is 17.0 Å². The molecule has 0 atom stereocenters. The van der Waals surface area contributed by atoms with Crippen molar-refractivity contribution >= 4 is 26.7 Å². The van der Waals surface area contributed by atoms with Gasteiger partial charge in [-0.1, -0.05) is 6.07 Å². The van der Waals surface area contributed by atoms with Crippen LogP contribution >= 0.6 is 0 Å². The second kappa shape index (κ2) is 8.04. The summed E-state index contributed by atoms with van der Waals surface area (Å²) in [5.74, 6) is -1.56. The Hall–Kier alpha value is -2.97. The molecule has 0 amide bonds. The Kier molecular flexibility index (Phi) is 5.83. The summed E-state index contributed by atoms with van der Waals surface area (Å²) in [4.78, 5) is 11.7. The van der Waals surface area contributed by atoms with Crippen molar-refractivity contribution in [1.82, 2.24) is 10.3 Å². The Bertz CT molecular complexity index is 1290. The van der Waals surface area contributed by atoms with E-state index in [0.717, 1.165) is 11.8 Å². The molecular formula is C22H22FN2O4S. The first-order chi connectivity index (χ1) is 14.0. The molecule has 0 spiro atoms. The smallest absolute Gasteiger partial charge is 0.335 e. The Balaban J connectivity index is 2.39. The van der Waals surface area contributed by atoms with Crippen LogP contribution in [0.25, 0.3) is 22.0 Å². The van der Waals surface area contributed by atoms with Crippen molar-refractivity contribution in [2.45, 2.75) is 25.3 Å². The molecule has 3 aromatic rings. The number of nitrogens with zero attached hydrogens (tertiary/aromatic N) is 1. The first kappa shape index (κ1) is 21.7. The molecule has 3 rings (SSSR count). The van der Waals surface area contributed by atoms with Crippen molar-refractivity contribution in [2.75, 3.05) is 12.8 Å². The second-order valence-electron chi connectivity index (χ2n) is 7.19. The highest BCUT2D eigenvalue weighted by Crippen LogP contribution is 2.38. The molecule has 0 unspecified atom stereocenters. The van der Waals surface area contributed by atoms with Gasteiger partial charge in [-0.3, -0.25) is 5.73 Å². The van der Waals surface area contributed by atoms with E-state index in [4.69, 9.17) is 5.73 Å². The van der Waals surface area contributed by atoms with Crippen molar-refractivity contribution in [2.24, 2.45) is 0 Å². The van der Waals surface area contributed by atoms with Crippen LogP contribution < -0.4 is 5.73 Å². The maximum atomic E-state index is 14.3. The summed E-state index contributed by atoms with van der Waals surface area (Å²) in [5.41, 5.74) is 10.7. The molecule has 0 aliphatic heterocycles. The number of carboxylic acids is 1. The van der Waals surface area contributed by atoms with Crippen LogP contribution in [0.4, 0.5) is 4.39 Å². The highest BCUT2D eigenvalue weighted by Gasteiger charge is 2.21. The van der Waals surface area contributed by atoms with Gasteiger partial charge in [0.2, 0.25) is 0 Å². The largest absolute Gasteiger partial charge is 0.478 e. The summed E-state index contributed by atoms with van der Waals surface area (Å²) in [7, 11) is -3.45. The molecule has 0 aliphatic carbocycles. The summed E-state index contributed by atoms with van der Waals surface area (Å²) in [6, 6.07) is 9.41. The minimum Gasteiger partial charge on any atom is -0.478 e. The zero-order valence-corrected chi connectivity index (χ0v) is 17.7. The van der Waals surface area contributed by atoms with Crippen molar-refractivity contribution in [3.63, 3.8) is 0 Å². The number of aromatic carboxylic acids is 1. The Morgan fingerprint density at radius 3 is 2.50 bits per heavy atom. The summed E-state index contributed by atoms with van der Waals surface area (Å²) < 4.78 is 40.1. The van der Waals surface area contributed by atoms with E-state index >= 15 is 0 Å². The highest BCUT2D eigenvalue weighted by atomic mass is 32.2. The summed E-state index contributed by atoms with van der Waals surface area (Å²) >= 11 is 0. The van der Waals surface area contributed by atoms with Crippen LogP contribution in [0.5, 0.6) is 0 Å². The second-order valence-corrected chi connectivity index (χ2v) is 9.20. The first-order valence-corrected chi connectivity index (χ1v) is 11.1. The number of aryl methyl sites for hydroxylation is 1. The topological polar surface area (TPSA) is 100 Å². The number of carbonyl (C=O) groups is 1. The first-order valence-electron chi connectivity index (χ1n) is 9.21. The number of nitrogens with one attached hydrogen (secondary N) is 1. The molecule has 0 saturated heterocycles. The normalized spacial score (nSPS) is 12.5. The molecule has 1 radical (unpaired) electrons. The SMILES string of the molecule is Cc1ccc(S(C)(=O)=O)cc1-c1c(C)n(C/C(F)=C/C[NH])c2ccc(C(=O)O)cc12. The fourth-order valence-electron chi connectivity index (χ4n) is 3.59. The van der Waals surface area contributed by atoms with E-state index in [9.17, 15) is 22.7 Å². The number of fused-ring (bicyclic) bond motifs is 1. The molecule has 0 aliphatic rings. The van der Waals surface area contributed by atoms with E-state index < -0.39 is 21.6 Å². The standard InChI is InChI=1S/C22H22FN2O4S/c1-13-4-6-17(30(3,28)29)11-18(13)21-14(2)25(12-16(23)8-9-24)20-7-5-15(22(26)27)10-19(20)21/h4-8,10-11,24H,9,12H2,1-3H3,(H,26,27)/b16-8-. The third-order valence-corrected chi connectivity index (χ3v) is 6.22. The van der Waals surface area contributed by atoms with Crippen LogP contribution in [-0.4, -0.2) is 36.9 Å². The zero-order chi connectivity index (χ0) is 22.2. The van der Waals surface area contributed by atoms with Crippen LogP contribution in [0.15, 0.2) is 53.2 Å². The monoisotopic (exact) mass is 429 g/mol. The van der Waals surface area contributed by atoms with Gasteiger partial charge < -0.3 is 9.67 Å². The van der Waals surface area contributed by atoms with Crippen molar-refractivity contribution in [3.8, 4) is 11.1 Å². The number of allylic oxidation sites excluding steroid dienone is 1. The molecule has 8 heteroatoms. The predicted molar refractivity (Wildman–Crippen MR) is 114 cm³/mol. The van der Waals surface area contributed by atoms with Crippen LogP contribution in [0.2, 0.25) is 0 Å². The van der Waals surface area contributed by atoms with E-state index in [0.29, 0.717) is 27.7 Å². The average Bonchev–Trinajstić information content (AvgIpc) is 2.92. The third kappa shape index (κ3) is 4.01. The number of sulfone groups is 1. The van der Waals surface area contributed by atoms with Gasteiger partial charge in [0.25, 0.3) is 0 Å². The molecular weight excluding hydrogens is 407 g/mol. The summed E-state index contributed by atoms with van der Waals surface area (Å²) in [6.07, 6.45) is 2.30. The number of halogens is 1. The van der Waals surface area contributed by atoms with E-state index in [2.05, 4.69) is 0 Å². The van der Waals surface area contributed by atoms with Crippen molar-refractivity contribution in [1.29, 1.82) is 0 Å². The van der Waals surface area contributed by atoms with E-state index in [1.54, 1.807) is 29.7 Å². The molecule has 0 fully saturated rings. The maximum absolute atomic E-state index is 14.3. The zero-order valence-electron chi connectivity index (χ0n) is 16.9. The fourth-order valence-corrected chi connectivity index (χ4v) is 4.23. The van der Waals surface area contributed by atoms with Crippen LogP contribution in [0, 0.1) is 13.8 Å². The molecule has 1 aromatic heterocycles. The van der Waals surface area contributed by atoms with Crippen LogP contribution in [-0.2, 0) is 16.4 Å². The van der Waals surface area contributed by atoms with Gasteiger partial charge in [-0.15, -0.1) is 0 Å². The number of rotatable bonds is 6. The maximum Gasteiger partial charge on any atom is 0.335 e. The highest BCUT2D eigenvalue weighted by molar-refractivity contribution is 7.90.